The molecule has 0 atom stereocenters. The molecule has 0 spiro atoms. The van der Waals surface area contributed by atoms with Gasteiger partial charge in [0.2, 0.25) is 0 Å². The maximum absolute atomic E-state index is 12.6. The van der Waals surface area contributed by atoms with Gasteiger partial charge in [0.1, 0.15) is 12.4 Å². The van der Waals surface area contributed by atoms with Crippen LogP contribution < -0.4 is 4.74 Å². The minimum atomic E-state index is -1.01. The summed E-state index contributed by atoms with van der Waals surface area (Å²) in [6.07, 6.45) is 4.30. The van der Waals surface area contributed by atoms with Crippen LogP contribution in [0.4, 0.5) is 0 Å². The van der Waals surface area contributed by atoms with Crippen molar-refractivity contribution in [3.63, 3.8) is 0 Å². The van der Waals surface area contributed by atoms with Crippen molar-refractivity contribution in [3.8, 4) is 28.1 Å². The van der Waals surface area contributed by atoms with Crippen LogP contribution in [-0.2, 0) is 13.0 Å². The van der Waals surface area contributed by atoms with Crippen molar-refractivity contribution in [2.24, 2.45) is 0 Å². The van der Waals surface area contributed by atoms with Gasteiger partial charge in [-0.25, -0.2) is 9.78 Å². The summed E-state index contributed by atoms with van der Waals surface area (Å²) in [7, 11) is 0. The normalized spacial score (nSPS) is 11.2. The van der Waals surface area contributed by atoms with E-state index in [9.17, 15) is 9.90 Å². The van der Waals surface area contributed by atoms with Crippen molar-refractivity contribution in [2.75, 3.05) is 0 Å². The van der Waals surface area contributed by atoms with Crippen molar-refractivity contribution in [2.45, 2.75) is 20.0 Å². The molecule has 1 N–H and O–H groups in total. The lowest BCUT2D eigenvalue weighted by atomic mass is 9.99. The first kappa shape index (κ1) is 23.8. The Morgan fingerprint density at radius 1 is 0.947 bits per heavy atom. The van der Waals surface area contributed by atoms with Gasteiger partial charge >= 0.3 is 5.97 Å². The van der Waals surface area contributed by atoms with E-state index < -0.39 is 5.97 Å². The summed E-state index contributed by atoms with van der Waals surface area (Å²) in [5.41, 5.74) is 6.43. The molecular formula is C32H24N2O3S. The smallest absolute Gasteiger partial charge is 0.336 e. The zero-order valence-corrected chi connectivity index (χ0v) is 21.5. The van der Waals surface area contributed by atoms with Gasteiger partial charge in [-0.05, 0) is 47.4 Å². The molecule has 3 aromatic heterocycles. The zero-order chi connectivity index (χ0) is 26.1. The Bertz CT molecular complexity index is 1790. The lowest BCUT2D eigenvalue weighted by Gasteiger charge is -2.16. The van der Waals surface area contributed by atoms with Gasteiger partial charge in [-0.15, -0.1) is 11.3 Å². The third kappa shape index (κ3) is 4.29. The van der Waals surface area contributed by atoms with Gasteiger partial charge in [0, 0.05) is 39.0 Å². The van der Waals surface area contributed by atoms with E-state index in [2.05, 4.69) is 11.1 Å². The summed E-state index contributed by atoms with van der Waals surface area (Å²) < 4.78 is 7.48. The predicted molar refractivity (Wildman–Crippen MR) is 153 cm³/mol. The number of aromatic nitrogens is 2. The molecule has 186 valence electrons. The molecule has 0 fully saturated rings. The van der Waals surface area contributed by atoms with Gasteiger partial charge in [-0.3, -0.25) is 4.98 Å². The number of pyridine rings is 2. The lowest BCUT2D eigenvalue weighted by molar-refractivity contribution is 0.0698. The molecule has 0 bridgehead atoms. The highest BCUT2D eigenvalue weighted by molar-refractivity contribution is 7.17. The van der Waals surface area contributed by atoms with Crippen molar-refractivity contribution in [3.05, 3.63) is 113 Å². The Hall–Kier alpha value is -4.55. The van der Waals surface area contributed by atoms with Crippen LogP contribution in [0.2, 0.25) is 0 Å². The second-order valence-corrected chi connectivity index (χ2v) is 9.90. The fraction of sp³-hybridized carbons (Fsp3) is 0.0938. The summed E-state index contributed by atoms with van der Waals surface area (Å²) in [6, 6.07) is 25.6. The summed E-state index contributed by atoms with van der Waals surface area (Å²) in [4.78, 5) is 21.8. The summed E-state index contributed by atoms with van der Waals surface area (Å²) >= 11 is 1.63. The average Bonchev–Trinajstić information content (AvgIpc) is 3.40. The molecule has 0 unspecified atom stereocenters. The summed E-state index contributed by atoms with van der Waals surface area (Å²) in [6.45, 7) is 2.33. The Balaban J connectivity index is 1.47. The zero-order valence-electron chi connectivity index (χ0n) is 20.7. The number of fused-ring (bicyclic) bond motifs is 2. The van der Waals surface area contributed by atoms with Gasteiger partial charge in [0.25, 0.3) is 0 Å². The van der Waals surface area contributed by atoms with E-state index in [-0.39, 0.29) is 12.2 Å². The van der Waals surface area contributed by atoms with E-state index in [1.54, 1.807) is 23.6 Å². The highest BCUT2D eigenvalue weighted by Crippen LogP contribution is 2.38. The number of ether oxygens (including phenoxy) is 1. The van der Waals surface area contributed by atoms with Crippen LogP contribution >= 0.6 is 11.3 Å². The molecule has 0 radical (unpaired) electrons. The molecule has 0 amide bonds. The third-order valence-electron chi connectivity index (χ3n) is 6.75. The molecule has 3 aromatic carbocycles. The fourth-order valence-electron chi connectivity index (χ4n) is 4.86. The van der Waals surface area contributed by atoms with E-state index in [4.69, 9.17) is 9.72 Å². The van der Waals surface area contributed by atoms with Crippen molar-refractivity contribution in [1.29, 1.82) is 0 Å². The van der Waals surface area contributed by atoms with E-state index in [0.717, 1.165) is 44.3 Å². The van der Waals surface area contributed by atoms with Crippen LogP contribution in [0.1, 0.15) is 28.4 Å². The number of carboxylic acids is 1. The molecule has 0 aliphatic heterocycles. The Kier molecular flexibility index (Phi) is 6.32. The number of aromatic carboxylic acids is 1. The maximum atomic E-state index is 12.6. The van der Waals surface area contributed by atoms with Crippen LogP contribution in [0.25, 0.3) is 43.4 Å². The number of carboxylic acid groups (broad SMARTS) is 1. The van der Waals surface area contributed by atoms with Crippen LogP contribution in [0.15, 0.2) is 96.6 Å². The number of aryl methyl sites for hydroxylation is 1. The van der Waals surface area contributed by atoms with Gasteiger partial charge in [-0.1, -0.05) is 61.5 Å². The monoisotopic (exact) mass is 516 g/mol. The van der Waals surface area contributed by atoms with Crippen molar-refractivity contribution < 1.29 is 14.6 Å². The molecule has 6 heteroatoms. The predicted octanol–water partition coefficient (Wildman–Crippen LogP) is 8.02. The number of thiophene rings is 1. The van der Waals surface area contributed by atoms with Gasteiger partial charge in [-0.2, -0.15) is 0 Å². The Morgan fingerprint density at radius 3 is 2.61 bits per heavy atom. The largest absolute Gasteiger partial charge is 0.488 e. The van der Waals surface area contributed by atoms with Gasteiger partial charge < -0.3 is 9.84 Å². The highest BCUT2D eigenvalue weighted by Gasteiger charge is 2.20. The second-order valence-electron chi connectivity index (χ2n) is 8.99. The van der Waals surface area contributed by atoms with Crippen molar-refractivity contribution >= 4 is 38.3 Å². The number of hydrogen-bond acceptors (Lipinski definition) is 5. The van der Waals surface area contributed by atoms with Gasteiger partial charge in [0.05, 0.1) is 22.2 Å². The minimum absolute atomic E-state index is 0.186. The first-order chi connectivity index (χ1) is 18.6. The number of carbonyl (C=O) groups is 1. The first-order valence-corrected chi connectivity index (χ1v) is 13.3. The molecule has 5 nitrogen and oxygen atoms in total. The quantitative estimate of drug-likeness (QED) is 0.233. The molecule has 38 heavy (non-hydrogen) atoms. The topological polar surface area (TPSA) is 72.3 Å². The molecule has 0 aliphatic rings. The second kappa shape index (κ2) is 10.1. The van der Waals surface area contributed by atoms with Gasteiger partial charge in [0.15, 0.2) is 0 Å². The van der Waals surface area contributed by atoms with Crippen LogP contribution in [0.3, 0.4) is 0 Å². The van der Waals surface area contributed by atoms with E-state index in [1.807, 2.05) is 85.2 Å². The highest BCUT2D eigenvalue weighted by atomic mass is 32.1. The van der Waals surface area contributed by atoms with Crippen LogP contribution in [0, 0.1) is 0 Å². The third-order valence-corrected chi connectivity index (χ3v) is 7.71. The standard InChI is InChI=1S/C32H24N2O3S/c1-2-20-13-14-28(37-18-22-8-3-4-10-23(22)21-9-7-15-33-17-21)30-25(32(35)36)16-27(34-31(20)30)26-19-38-29-12-6-5-11-24(26)29/h3-17,19H,2,18H2,1H3,(H,35,36). The number of hydrogen-bond donors (Lipinski definition) is 1. The average molecular weight is 517 g/mol. The summed E-state index contributed by atoms with van der Waals surface area (Å²) in [5, 5.41) is 13.9. The summed E-state index contributed by atoms with van der Waals surface area (Å²) in [5.74, 6) is -0.503. The Labute approximate surface area is 224 Å². The molecule has 0 saturated heterocycles. The molecular weight excluding hydrogens is 492 g/mol. The Morgan fingerprint density at radius 2 is 1.79 bits per heavy atom. The fourth-order valence-corrected chi connectivity index (χ4v) is 5.81. The van der Waals surface area contributed by atoms with Crippen LogP contribution in [-0.4, -0.2) is 21.0 Å². The molecule has 6 aromatic rings. The molecule has 0 saturated carbocycles. The number of rotatable bonds is 7. The van der Waals surface area contributed by atoms with E-state index in [1.165, 1.54) is 0 Å². The molecule has 6 rings (SSSR count). The molecule has 3 heterocycles. The minimum Gasteiger partial charge on any atom is -0.488 e. The number of nitrogens with zero attached hydrogens (tertiary/aromatic N) is 2. The van der Waals surface area contributed by atoms with E-state index in [0.29, 0.717) is 22.3 Å². The SMILES string of the molecule is CCc1ccc(OCc2ccccc2-c2cccnc2)c2c(C(=O)O)cc(-c3csc4ccccc34)nc12. The molecule has 0 aliphatic carbocycles. The number of benzene rings is 3. The maximum Gasteiger partial charge on any atom is 0.336 e. The lowest BCUT2D eigenvalue weighted by Crippen LogP contribution is -2.05. The van der Waals surface area contributed by atoms with E-state index >= 15 is 0 Å². The first-order valence-electron chi connectivity index (χ1n) is 12.4. The van der Waals surface area contributed by atoms with Crippen LogP contribution in [0.5, 0.6) is 5.75 Å². The van der Waals surface area contributed by atoms with Crippen molar-refractivity contribution in [1.82, 2.24) is 9.97 Å².